The molecule has 0 unspecified atom stereocenters. The van der Waals surface area contributed by atoms with Crippen LogP contribution in [0.5, 0.6) is 0 Å². The molecule has 0 aromatic heterocycles. The van der Waals surface area contributed by atoms with Gasteiger partial charge in [0.15, 0.2) is 0 Å². The second kappa shape index (κ2) is 8.79. The fraction of sp³-hybridized carbons (Fsp3) is 0.471. The zero-order valence-corrected chi connectivity index (χ0v) is 13.9. The summed E-state index contributed by atoms with van der Waals surface area (Å²) in [5.41, 5.74) is 6.68. The van der Waals surface area contributed by atoms with Gasteiger partial charge in [0.05, 0.1) is 11.6 Å². The van der Waals surface area contributed by atoms with Crippen LogP contribution in [0.1, 0.15) is 44.7 Å². The third-order valence-electron chi connectivity index (χ3n) is 3.53. The van der Waals surface area contributed by atoms with E-state index in [0.717, 1.165) is 12.0 Å². The number of carbonyl (C=O) groups excluding carboxylic acids is 2. The highest BCUT2D eigenvalue weighted by Gasteiger charge is 2.26. The first kappa shape index (κ1) is 18.5. The van der Waals surface area contributed by atoms with Gasteiger partial charge >= 0.3 is 6.03 Å². The molecule has 0 aliphatic carbocycles. The van der Waals surface area contributed by atoms with E-state index < -0.39 is 12.1 Å². The Bertz CT molecular complexity index is 575. The summed E-state index contributed by atoms with van der Waals surface area (Å²) in [6.45, 7) is 6.22. The molecule has 23 heavy (non-hydrogen) atoms. The van der Waals surface area contributed by atoms with Gasteiger partial charge in [0, 0.05) is 12.6 Å². The quantitative estimate of drug-likeness (QED) is 0.806. The molecular weight excluding hydrogens is 292 g/mol. The number of carbonyl (C=O) groups is 2. The van der Waals surface area contributed by atoms with Crippen molar-refractivity contribution in [3.05, 3.63) is 35.4 Å². The Balaban J connectivity index is 2.92. The number of nitrogens with one attached hydrogen (secondary N) is 1. The second-order valence-corrected chi connectivity index (χ2v) is 5.72. The molecule has 0 radical (unpaired) electrons. The Morgan fingerprint density at radius 3 is 2.35 bits per heavy atom. The molecule has 0 fully saturated rings. The van der Waals surface area contributed by atoms with Gasteiger partial charge in [0.1, 0.15) is 6.04 Å². The van der Waals surface area contributed by atoms with Gasteiger partial charge in [0.25, 0.3) is 0 Å². The number of primary amides is 1. The summed E-state index contributed by atoms with van der Waals surface area (Å²) >= 11 is 0. The van der Waals surface area contributed by atoms with Gasteiger partial charge in [-0.25, -0.2) is 4.79 Å². The molecule has 0 heterocycles. The maximum atomic E-state index is 12.7. The van der Waals surface area contributed by atoms with E-state index in [9.17, 15) is 9.59 Å². The summed E-state index contributed by atoms with van der Waals surface area (Å²) in [7, 11) is 0. The predicted molar refractivity (Wildman–Crippen MR) is 88.3 cm³/mol. The van der Waals surface area contributed by atoms with E-state index in [1.165, 1.54) is 0 Å². The lowest BCUT2D eigenvalue weighted by molar-refractivity contribution is -0.135. The molecule has 0 spiro atoms. The van der Waals surface area contributed by atoms with Crippen LogP contribution in [0.4, 0.5) is 4.79 Å². The first-order valence-corrected chi connectivity index (χ1v) is 7.74. The highest BCUT2D eigenvalue weighted by atomic mass is 16.2. The van der Waals surface area contributed by atoms with E-state index in [0.29, 0.717) is 18.5 Å². The van der Waals surface area contributed by atoms with E-state index in [1.807, 2.05) is 32.9 Å². The Morgan fingerprint density at radius 1 is 1.30 bits per heavy atom. The Labute approximate surface area is 137 Å². The standard InChI is InChI=1S/C17H24N4O2/c1-4-5-15(20-17(19)23)16(22)21(12(2)3)11-14-8-6-13(10-18)7-9-14/h6-9,12,15H,4-5,11H2,1-3H3,(H3,19,20,23)/t15-/m0/s1. The van der Waals surface area contributed by atoms with Crippen molar-refractivity contribution in [1.29, 1.82) is 5.26 Å². The van der Waals surface area contributed by atoms with Gasteiger partial charge in [-0.15, -0.1) is 0 Å². The molecule has 0 saturated carbocycles. The largest absolute Gasteiger partial charge is 0.352 e. The van der Waals surface area contributed by atoms with Crippen LogP contribution in [0.25, 0.3) is 0 Å². The fourth-order valence-electron chi connectivity index (χ4n) is 2.31. The van der Waals surface area contributed by atoms with Gasteiger partial charge in [-0.3, -0.25) is 4.79 Å². The van der Waals surface area contributed by atoms with Gasteiger partial charge in [0.2, 0.25) is 5.91 Å². The minimum absolute atomic E-state index is 0.0211. The lowest BCUT2D eigenvalue weighted by Crippen LogP contribution is -2.51. The van der Waals surface area contributed by atoms with Crippen LogP contribution in [0.3, 0.4) is 0 Å². The molecule has 3 amide bonds. The zero-order valence-electron chi connectivity index (χ0n) is 13.9. The number of nitriles is 1. The van der Waals surface area contributed by atoms with Crippen molar-refractivity contribution < 1.29 is 9.59 Å². The molecule has 0 bridgehead atoms. The summed E-state index contributed by atoms with van der Waals surface area (Å²) in [4.78, 5) is 25.6. The molecule has 6 nitrogen and oxygen atoms in total. The normalized spacial score (nSPS) is 11.6. The predicted octanol–water partition coefficient (Wildman–Crippen LogP) is 2.13. The SMILES string of the molecule is CCC[C@H](NC(N)=O)C(=O)N(Cc1ccc(C#N)cc1)C(C)C. The number of nitrogens with two attached hydrogens (primary N) is 1. The van der Waals surface area contributed by atoms with Gasteiger partial charge in [-0.1, -0.05) is 25.5 Å². The molecular formula is C17H24N4O2. The average Bonchev–Trinajstić information content (AvgIpc) is 2.51. The highest BCUT2D eigenvalue weighted by Crippen LogP contribution is 2.13. The number of hydrogen-bond donors (Lipinski definition) is 2. The van der Waals surface area contributed by atoms with E-state index in [2.05, 4.69) is 11.4 Å². The van der Waals surface area contributed by atoms with Crippen LogP contribution in [-0.2, 0) is 11.3 Å². The molecule has 1 aromatic carbocycles. The Morgan fingerprint density at radius 2 is 1.91 bits per heavy atom. The molecule has 6 heteroatoms. The molecule has 0 aliphatic heterocycles. The number of nitrogens with zero attached hydrogens (tertiary/aromatic N) is 2. The minimum Gasteiger partial charge on any atom is -0.352 e. The smallest absolute Gasteiger partial charge is 0.312 e. The number of urea groups is 1. The van der Waals surface area contributed by atoms with Gasteiger partial charge in [-0.05, 0) is 38.0 Å². The van der Waals surface area contributed by atoms with Crippen molar-refractivity contribution in [2.24, 2.45) is 5.73 Å². The van der Waals surface area contributed by atoms with Crippen LogP contribution in [-0.4, -0.2) is 28.9 Å². The van der Waals surface area contributed by atoms with E-state index >= 15 is 0 Å². The van der Waals surface area contributed by atoms with Crippen molar-refractivity contribution in [3.63, 3.8) is 0 Å². The van der Waals surface area contributed by atoms with Crippen molar-refractivity contribution in [1.82, 2.24) is 10.2 Å². The topological polar surface area (TPSA) is 99.2 Å². The first-order chi connectivity index (χ1) is 10.9. The number of rotatable bonds is 7. The van der Waals surface area contributed by atoms with E-state index in [-0.39, 0.29) is 11.9 Å². The third kappa shape index (κ3) is 5.62. The number of benzene rings is 1. The summed E-state index contributed by atoms with van der Waals surface area (Å²) in [6.07, 6.45) is 1.30. The van der Waals surface area contributed by atoms with Crippen LogP contribution < -0.4 is 11.1 Å². The summed E-state index contributed by atoms with van der Waals surface area (Å²) in [5, 5.41) is 11.4. The fourth-order valence-corrected chi connectivity index (χ4v) is 2.31. The maximum absolute atomic E-state index is 12.7. The molecule has 0 saturated heterocycles. The van der Waals surface area contributed by atoms with E-state index in [4.69, 9.17) is 11.0 Å². The molecule has 1 aromatic rings. The van der Waals surface area contributed by atoms with Crippen LogP contribution in [0.15, 0.2) is 24.3 Å². The number of hydrogen-bond acceptors (Lipinski definition) is 3. The van der Waals surface area contributed by atoms with E-state index in [1.54, 1.807) is 17.0 Å². The first-order valence-electron chi connectivity index (χ1n) is 7.74. The third-order valence-corrected chi connectivity index (χ3v) is 3.53. The van der Waals surface area contributed by atoms with Crippen molar-refractivity contribution >= 4 is 11.9 Å². The lowest BCUT2D eigenvalue weighted by atomic mass is 10.1. The van der Waals surface area contributed by atoms with Gasteiger partial charge < -0.3 is 16.0 Å². The molecule has 1 rings (SSSR count). The molecule has 3 N–H and O–H groups in total. The number of amides is 3. The Hall–Kier alpha value is -2.55. The summed E-state index contributed by atoms with van der Waals surface area (Å²) in [5.74, 6) is -0.148. The van der Waals surface area contributed by atoms with Crippen LogP contribution >= 0.6 is 0 Å². The monoisotopic (exact) mass is 316 g/mol. The van der Waals surface area contributed by atoms with Crippen molar-refractivity contribution in [2.75, 3.05) is 0 Å². The maximum Gasteiger partial charge on any atom is 0.312 e. The highest BCUT2D eigenvalue weighted by molar-refractivity contribution is 5.86. The molecule has 124 valence electrons. The summed E-state index contributed by atoms with van der Waals surface area (Å²) in [6, 6.07) is 7.85. The molecule has 1 atom stereocenters. The van der Waals surface area contributed by atoms with Crippen molar-refractivity contribution in [3.8, 4) is 6.07 Å². The Kier molecular flexibility index (Phi) is 7.07. The van der Waals surface area contributed by atoms with Crippen LogP contribution in [0.2, 0.25) is 0 Å². The second-order valence-electron chi connectivity index (χ2n) is 5.72. The average molecular weight is 316 g/mol. The molecule has 0 aliphatic rings. The van der Waals surface area contributed by atoms with Gasteiger partial charge in [-0.2, -0.15) is 5.26 Å². The lowest BCUT2D eigenvalue weighted by Gasteiger charge is -2.31. The summed E-state index contributed by atoms with van der Waals surface area (Å²) < 4.78 is 0. The minimum atomic E-state index is -0.695. The van der Waals surface area contributed by atoms with Crippen molar-refractivity contribution in [2.45, 2.75) is 52.2 Å². The van der Waals surface area contributed by atoms with Crippen LogP contribution in [0, 0.1) is 11.3 Å². The zero-order chi connectivity index (χ0) is 17.4.